The summed E-state index contributed by atoms with van der Waals surface area (Å²) in [5.41, 5.74) is 6.59. The number of carbonyl (C=O) groups is 1. The zero-order valence-corrected chi connectivity index (χ0v) is 11.3. The van der Waals surface area contributed by atoms with Crippen molar-refractivity contribution >= 4 is 23.2 Å². The molecule has 2 N–H and O–H groups in total. The first-order valence-electron chi connectivity index (χ1n) is 5.95. The molecular formula is C14H9ClFN3O2. The SMILES string of the molecule is Nc1c(C(=O)c2ccco2)cnn1-c1ccc(F)c(Cl)c1. The average Bonchev–Trinajstić information content (AvgIpc) is 3.11. The summed E-state index contributed by atoms with van der Waals surface area (Å²) in [5, 5.41) is 3.98. The molecule has 0 aliphatic heterocycles. The van der Waals surface area contributed by atoms with E-state index in [2.05, 4.69) is 5.10 Å². The molecule has 0 atom stereocenters. The summed E-state index contributed by atoms with van der Waals surface area (Å²) in [4.78, 5) is 12.2. The van der Waals surface area contributed by atoms with Crippen LogP contribution in [-0.2, 0) is 0 Å². The highest BCUT2D eigenvalue weighted by Crippen LogP contribution is 2.23. The van der Waals surface area contributed by atoms with Crippen molar-refractivity contribution in [3.05, 3.63) is 65.0 Å². The highest BCUT2D eigenvalue weighted by atomic mass is 35.5. The summed E-state index contributed by atoms with van der Waals surface area (Å²) in [7, 11) is 0. The number of benzene rings is 1. The molecule has 2 aromatic heterocycles. The summed E-state index contributed by atoms with van der Waals surface area (Å²) >= 11 is 5.73. The van der Waals surface area contributed by atoms with Gasteiger partial charge in [-0.25, -0.2) is 9.07 Å². The second kappa shape index (κ2) is 5.06. The number of nitrogen functional groups attached to an aromatic ring is 1. The van der Waals surface area contributed by atoms with Crippen LogP contribution in [0.1, 0.15) is 16.1 Å². The van der Waals surface area contributed by atoms with Gasteiger partial charge in [0.15, 0.2) is 5.76 Å². The van der Waals surface area contributed by atoms with E-state index in [1.54, 1.807) is 6.07 Å². The van der Waals surface area contributed by atoms with Crippen molar-refractivity contribution in [2.24, 2.45) is 0 Å². The molecule has 3 rings (SSSR count). The standard InChI is InChI=1S/C14H9ClFN3O2/c15-10-6-8(3-4-11(10)16)19-14(17)9(7-18-19)13(20)12-2-1-5-21-12/h1-7H,17H2. The van der Waals surface area contributed by atoms with Gasteiger partial charge in [0, 0.05) is 0 Å². The number of aromatic nitrogens is 2. The summed E-state index contributed by atoms with van der Waals surface area (Å²) in [5.74, 6) is -0.632. The number of ketones is 1. The zero-order valence-electron chi connectivity index (χ0n) is 10.6. The van der Waals surface area contributed by atoms with E-state index in [0.29, 0.717) is 5.69 Å². The lowest BCUT2D eigenvalue weighted by molar-refractivity contribution is 0.101. The van der Waals surface area contributed by atoms with E-state index in [9.17, 15) is 9.18 Å². The van der Waals surface area contributed by atoms with E-state index in [1.165, 1.54) is 41.4 Å². The van der Waals surface area contributed by atoms with E-state index in [1.807, 2.05) is 0 Å². The Balaban J connectivity index is 2.03. The zero-order chi connectivity index (χ0) is 15.0. The molecule has 106 valence electrons. The van der Waals surface area contributed by atoms with E-state index in [4.69, 9.17) is 21.8 Å². The van der Waals surface area contributed by atoms with Gasteiger partial charge >= 0.3 is 0 Å². The Kier molecular flexibility index (Phi) is 3.23. The van der Waals surface area contributed by atoms with Crippen LogP contribution in [0.4, 0.5) is 10.2 Å². The molecule has 2 heterocycles. The molecule has 1 aromatic carbocycles. The Labute approximate surface area is 123 Å². The van der Waals surface area contributed by atoms with Gasteiger partial charge in [-0.05, 0) is 30.3 Å². The van der Waals surface area contributed by atoms with Crippen LogP contribution < -0.4 is 5.73 Å². The second-order valence-electron chi connectivity index (χ2n) is 4.26. The molecule has 21 heavy (non-hydrogen) atoms. The molecule has 3 aromatic rings. The molecule has 0 aliphatic rings. The lowest BCUT2D eigenvalue weighted by Crippen LogP contribution is -2.06. The molecule has 7 heteroatoms. The van der Waals surface area contributed by atoms with Crippen LogP contribution in [0.3, 0.4) is 0 Å². The minimum absolute atomic E-state index is 0.0543. The summed E-state index contributed by atoms with van der Waals surface area (Å²) < 4.78 is 19.5. The van der Waals surface area contributed by atoms with Crippen molar-refractivity contribution < 1.29 is 13.6 Å². The number of hydrogen-bond donors (Lipinski definition) is 1. The minimum atomic E-state index is -0.543. The van der Waals surface area contributed by atoms with Gasteiger partial charge in [0.1, 0.15) is 11.6 Å². The molecule has 0 amide bonds. The smallest absolute Gasteiger partial charge is 0.233 e. The summed E-state index contributed by atoms with van der Waals surface area (Å²) in [6, 6.07) is 7.18. The van der Waals surface area contributed by atoms with Crippen molar-refractivity contribution in [2.45, 2.75) is 0 Å². The maximum Gasteiger partial charge on any atom is 0.233 e. The largest absolute Gasteiger partial charge is 0.461 e. The number of rotatable bonds is 3. The van der Waals surface area contributed by atoms with Crippen molar-refractivity contribution in [1.82, 2.24) is 9.78 Å². The Bertz CT molecular complexity index is 812. The summed E-state index contributed by atoms with van der Waals surface area (Å²) in [6.45, 7) is 0. The van der Waals surface area contributed by atoms with E-state index < -0.39 is 5.82 Å². The quantitative estimate of drug-likeness (QED) is 0.755. The van der Waals surface area contributed by atoms with Gasteiger partial charge in [0.2, 0.25) is 5.78 Å². The van der Waals surface area contributed by atoms with E-state index in [0.717, 1.165) is 0 Å². The Hall–Kier alpha value is -2.60. The number of furan rings is 1. The first kappa shape index (κ1) is 13.4. The third-order valence-electron chi connectivity index (χ3n) is 2.94. The van der Waals surface area contributed by atoms with Gasteiger partial charge in [0.05, 0.1) is 28.7 Å². The predicted octanol–water partition coefficient (Wildman–Crippen LogP) is 3.07. The Morgan fingerprint density at radius 2 is 2.19 bits per heavy atom. The highest BCUT2D eigenvalue weighted by molar-refractivity contribution is 6.30. The van der Waals surface area contributed by atoms with E-state index in [-0.39, 0.29) is 27.9 Å². The van der Waals surface area contributed by atoms with Crippen molar-refractivity contribution in [2.75, 3.05) is 5.73 Å². The van der Waals surface area contributed by atoms with Gasteiger partial charge in [0.25, 0.3) is 0 Å². The molecule has 0 spiro atoms. The predicted molar refractivity (Wildman–Crippen MR) is 75.1 cm³/mol. The lowest BCUT2D eigenvalue weighted by Gasteiger charge is -2.05. The number of halogens is 2. The number of nitrogens with two attached hydrogens (primary N) is 1. The third kappa shape index (κ3) is 2.30. The van der Waals surface area contributed by atoms with E-state index >= 15 is 0 Å². The molecule has 0 saturated carbocycles. The maximum atomic E-state index is 13.2. The van der Waals surface area contributed by atoms with Crippen LogP contribution in [0.2, 0.25) is 5.02 Å². The number of nitrogens with zero attached hydrogens (tertiary/aromatic N) is 2. The molecule has 5 nitrogen and oxygen atoms in total. The number of anilines is 1. The normalized spacial score (nSPS) is 10.8. The topological polar surface area (TPSA) is 74.1 Å². The lowest BCUT2D eigenvalue weighted by atomic mass is 10.2. The van der Waals surface area contributed by atoms with Gasteiger partial charge in [-0.15, -0.1) is 0 Å². The Morgan fingerprint density at radius 1 is 1.38 bits per heavy atom. The molecule has 0 bridgehead atoms. The molecular weight excluding hydrogens is 297 g/mol. The molecule has 0 fully saturated rings. The summed E-state index contributed by atoms with van der Waals surface area (Å²) in [6.07, 6.45) is 2.73. The molecule has 0 aliphatic carbocycles. The van der Waals surface area contributed by atoms with Gasteiger partial charge < -0.3 is 10.2 Å². The first-order chi connectivity index (χ1) is 10.1. The molecule has 0 unspecified atom stereocenters. The van der Waals surface area contributed by atoms with Crippen molar-refractivity contribution in [3.8, 4) is 5.69 Å². The Morgan fingerprint density at radius 3 is 2.86 bits per heavy atom. The van der Waals surface area contributed by atoms with Crippen molar-refractivity contribution in [1.29, 1.82) is 0 Å². The highest BCUT2D eigenvalue weighted by Gasteiger charge is 2.20. The van der Waals surface area contributed by atoms with Gasteiger partial charge in [-0.3, -0.25) is 4.79 Å². The van der Waals surface area contributed by atoms with Crippen LogP contribution in [0, 0.1) is 5.82 Å². The second-order valence-corrected chi connectivity index (χ2v) is 4.67. The van der Waals surface area contributed by atoms with Crippen molar-refractivity contribution in [3.63, 3.8) is 0 Å². The van der Waals surface area contributed by atoms with Crippen LogP contribution in [-0.4, -0.2) is 15.6 Å². The third-order valence-corrected chi connectivity index (χ3v) is 3.23. The molecule has 0 radical (unpaired) electrons. The fraction of sp³-hybridized carbons (Fsp3) is 0. The van der Waals surface area contributed by atoms with Crippen LogP contribution in [0.25, 0.3) is 5.69 Å². The fourth-order valence-corrected chi connectivity index (χ4v) is 2.07. The average molecular weight is 306 g/mol. The minimum Gasteiger partial charge on any atom is -0.461 e. The monoisotopic (exact) mass is 305 g/mol. The number of hydrogen-bond acceptors (Lipinski definition) is 4. The van der Waals surface area contributed by atoms with Crippen LogP contribution >= 0.6 is 11.6 Å². The van der Waals surface area contributed by atoms with Crippen LogP contribution in [0.15, 0.2) is 47.2 Å². The first-order valence-corrected chi connectivity index (χ1v) is 6.33. The van der Waals surface area contributed by atoms with Gasteiger partial charge in [-0.2, -0.15) is 5.10 Å². The van der Waals surface area contributed by atoms with Gasteiger partial charge in [-0.1, -0.05) is 11.6 Å². The fourth-order valence-electron chi connectivity index (χ4n) is 1.90. The van der Waals surface area contributed by atoms with Crippen LogP contribution in [0.5, 0.6) is 0 Å². The molecule has 0 saturated heterocycles. The maximum absolute atomic E-state index is 13.2. The number of carbonyl (C=O) groups excluding carboxylic acids is 1.